The summed E-state index contributed by atoms with van der Waals surface area (Å²) in [4.78, 5) is 12.3. The maximum absolute atomic E-state index is 13.2. The number of rotatable bonds is 7. The minimum atomic E-state index is -3.74. The number of nitrogens with zero attached hydrogens (tertiary/aromatic N) is 3. The van der Waals surface area contributed by atoms with Crippen molar-refractivity contribution in [3.63, 3.8) is 0 Å². The fraction of sp³-hybridized carbons (Fsp3) is 0.130. The van der Waals surface area contributed by atoms with Gasteiger partial charge in [0, 0.05) is 38.0 Å². The Bertz CT molecular complexity index is 1310. The van der Waals surface area contributed by atoms with Crippen LogP contribution in [0.1, 0.15) is 12.5 Å². The van der Waals surface area contributed by atoms with Crippen LogP contribution in [-0.4, -0.2) is 35.5 Å². The van der Waals surface area contributed by atoms with E-state index in [0.717, 1.165) is 21.8 Å². The molecule has 4 aromatic rings. The van der Waals surface area contributed by atoms with Crippen molar-refractivity contribution < 1.29 is 13.2 Å². The number of amides is 1. The average molecular weight is 467 g/mol. The van der Waals surface area contributed by atoms with E-state index in [2.05, 4.69) is 5.32 Å². The van der Waals surface area contributed by atoms with Crippen molar-refractivity contribution in [2.45, 2.75) is 18.4 Å². The fourth-order valence-corrected chi connectivity index (χ4v) is 5.17. The largest absolute Gasteiger partial charge is 0.326 e. The third-order valence-corrected chi connectivity index (χ3v) is 7.54. The van der Waals surface area contributed by atoms with Crippen molar-refractivity contribution in [2.75, 3.05) is 12.4 Å². The van der Waals surface area contributed by atoms with Crippen LogP contribution in [0.5, 0.6) is 0 Å². The average Bonchev–Trinajstić information content (AvgIpc) is 3.44. The van der Waals surface area contributed by atoms with Crippen LogP contribution in [0.2, 0.25) is 0 Å². The Morgan fingerprint density at radius 3 is 2.41 bits per heavy atom. The van der Waals surface area contributed by atoms with Crippen molar-refractivity contribution in [2.24, 2.45) is 0 Å². The zero-order valence-corrected chi connectivity index (χ0v) is 19.2. The molecule has 0 saturated heterocycles. The molecule has 0 bridgehead atoms. The van der Waals surface area contributed by atoms with Crippen LogP contribution >= 0.6 is 11.3 Å². The summed E-state index contributed by atoms with van der Waals surface area (Å²) in [6.45, 7) is 1.56. The Morgan fingerprint density at radius 1 is 1.06 bits per heavy atom. The molecule has 0 saturated carbocycles. The van der Waals surface area contributed by atoms with E-state index in [0.29, 0.717) is 5.69 Å². The number of para-hydroxylation sites is 1. The number of carbonyl (C=O) groups is 1. The summed E-state index contributed by atoms with van der Waals surface area (Å²) in [6, 6.07) is 19.8. The van der Waals surface area contributed by atoms with E-state index < -0.39 is 10.0 Å². The molecule has 0 spiro atoms. The highest BCUT2D eigenvalue weighted by Gasteiger charge is 2.24. The predicted octanol–water partition coefficient (Wildman–Crippen LogP) is 4.38. The number of hydrogen-bond donors (Lipinski definition) is 1. The number of aromatic nitrogens is 2. The Hall–Kier alpha value is -3.27. The van der Waals surface area contributed by atoms with Crippen LogP contribution in [0.4, 0.5) is 5.69 Å². The molecule has 2 aromatic heterocycles. The van der Waals surface area contributed by atoms with E-state index in [1.807, 2.05) is 54.0 Å². The van der Waals surface area contributed by atoms with Crippen LogP contribution < -0.4 is 5.32 Å². The third kappa shape index (κ3) is 4.64. The molecule has 2 heterocycles. The first-order chi connectivity index (χ1) is 15.3. The topological polar surface area (TPSA) is 84.3 Å². The second-order valence-electron chi connectivity index (χ2n) is 7.23. The number of hydrogen-bond acceptors (Lipinski definition) is 5. The van der Waals surface area contributed by atoms with Crippen LogP contribution in [0.3, 0.4) is 0 Å². The van der Waals surface area contributed by atoms with Crippen molar-refractivity contribution in [3.05, 3.63) is 83.9 Å². The van der Waals surface area contributed by atoms with Gasteiger partial charge in [-0.1, -0.05) is 24.3 Å². The highest BCUT2D eigenvalue weighted by Crippen LogP contribution is 2.29. The van der Waals surface area contributed by atoms with Gasteiger partial charge in [0.2, 0.25) is 15.9 Å². The Balaban J connectivity index is 1.64. The summed E-state index contributed by atoms with van der Waals surface area (Å²) < 4.78 is 29.4. The second-order valence-corrected chi connectivity index (χ2v) is 10.2. The lowest BCUT2D eigenvalue weighted by Crippen LogP contribution is -2.26. The van der Waals surface area contributed by atoms with Gasteiger partial charge in [0.25, 0.3) is 0 Å². The van der Waals surface area contributed by atoms with E-state index in [9.17, 15) is 13.2 Å². The molecule has 0 aliphatic rings. The summed E-state index contributed by atoms with van der Waals surface area (Å²) in [7, 11) is -2.19. The summed E-state index contributed by atoms with van der Waals surface area (Å²) in [5, 5.41) is 9.34. The summed E-state index contributed by atoms with van der Waals surface area (Å²) in [5.74, 6) is -0.214. The lowest BCUT2D eigenvalue weighted by molar-refractivity contribution is -0.114. The zero-order chi connectivity index (χ0) is 22.7. The van der Waals surface area contributed by atoms with E-state index in [-0.39, 0.29) is 17.3 Å². The van der Waals surface area contributed by atoms with Gasteiger partial charge in [-0.25, -0.2) is 13.1 Å². The second kappa shape index (κ2) is 9.07. The van der Waals surface area contributed by atoms with Crippen LogP contribution in [-0.2, 0) is 21.4 Å². The lowest BCUT2D eigenvalue weighted by Gasteiger charge is -2.17. The maximum Gasteiger partial charge on any atom is 0.243 e. The van der Waals surface area contributed by atoms with Gasteiger partial charge in [0.15, 0.2) is 0 Å². The molecule has 0 aliphatic heterocycles. The van der Waals surface area contributed by atoms with Gasteiger partial charge in [0.1, 0.15) is 5.69 Å². The van der Waals surface area contributed by atoms with Crippen molar-refractivity contribution in [3.8, 4) is 16.3 Å². The van der Waals surface area contributed by atoms with Gasteiger partial charge in [0.05, 0.1) is 15.5 Å². The maximum atomic E-state index is 13.2. The van der Waals surface area contributed by atoms with Gasteiger partial charge >= 0.3 is 0 Å². The number of thiophene rings is 1. The molecule has 4 rings (SSSR count). The van der Waals surface area contributed by atoms with E-state index in [1.54, 1.807) is 35.2 Å². The van der Waals surface area contributed by atoms with E-state index in [4.69, 9.17) is 5.10 Å². The van der Waals surface area contributed by atoms with Crippen LogP contribution in [0, 0.1) is 0 Å². The van der Waals surface area contributed by atoms with E-state index >= 15 is 0 Å². The van der Waals surface area contributed by atoms with Gasteiger partial charge in [-0.15, -0.1) is 11.3 Å². The molecule has 0 fully saturated rings. The van der Waals surface area contributed by atoms with Crippen LogP contribution in [0.15, 0.2) is 83.2 Å². The number of sulfonamides is 1. The van der Waals surface area contributed by atoms with Crippen molar-refractivity contribution in [1.82, 2.24) is 14.1 Å². The first kappa shape index (κ1) is 21.9. The molecule has 0 aliphatic carbocycles. The molecule has 32 heavy (non-hydrogen) atoms. The SMILES string of the molecule is CC(=O)Nc1ccc(S(=O)(=O)N(C)Cc2cn(-c3ccccc3)nc2-c2cccs2)cc1. The highest BCUT2D eigenvalue weighted by atomic mass is 32.2. The molecule has 7 nitrogen and oxygen atoms in total. The fourth-order valence-electron chi connectivity index (χ4n) is 3.28. The first-order valence-electron chi connectivity index (χ1n) is 9.86. The number of anilines is 1. The molecule has 0 atom stereocenters. The third-order valence-electron chi connectivity index (χ3n) is 4.84. The normalized spacial score (nSPS) is 11.6. The number of nitrogens with one attached hydrogen (secondary N) is 1. The molecule has 0 radical (unpaired) electrons. The predicted molar refractivity (Wildman–Crippen MR) is 126 cm³/mol. The molecule has 1 N–H and O–H groups in total. The monoisotopic (exact) mass is 466 g/mol. The van der Waals surface area contributed by atoms with Gasteiger partial charge in [-0.05, 0) is 47.8 Å². The quantitative estimate of drug-likeness (QED) is 0.438. The lowest BCUT2D eigenvalue weighted by atomic mass is 10.2. The summed E-state index contributed by atoms with van der Waals surface area (Å²) >= 11 is 1.56. The van der Waals surface area contributed by atoms with Gasteiger partial charge < -0.3 is 5.32 Å². The molecular weight excluding hydrogens is 444 g/mol. The molecule has 2 aromatic carbocycles. The van der Waals surface area contributed by atoms with E-state index in [1.165, 1.54) is 23.4 Å². The molecule has 1 amide bonds. The summed E-state index contributed by atoms with van der Waals surface area (Å²) in [6.07, 6.45) is 1.87. The minimum absolute atomic E-state index is 0.155. The first-order valence-corrected chi connectivity index (χ1v) is 12.2. The minimum Gasteiger partial charge on any atom is -0.326 e. The smallest absolute Gasteiger partial charge is 0.243 e. The zero-order valence-electron chi connectivity index (χ0n) is 17.6. The Morgan fingerprint density at radius 2 is 1.78 bits per heavy atom. The molecule has 9 heteroatoms. The standard InChI is InChI=1S/C23H22N4O3S2/c1-17(28)24-19-10-12-21(13-11-19)32(29,30)26(2)15-18-16-27(20-7-4-3-5-8-20)25-23(18)22-9-6-14-31-22/h3-14,16H,15H2,1-2H3,(H,24,28). The number of benzene rings is 2. The van der Waals surface area contributed by atoms with Crippen molar-refractivity contribution in [1.29, 1.82) is 0 Å². The van der Waals surface area contributed by atoms with Gasteiger partial charge in [-0.3, -0.25) is 4.79 Å². The molecular formula is C23H22N4O3S2. The molecule has 0 unspecified atom stereocenters. The Kier molecular flexibility index (Phi) is 6.22. The Labute approximate surface area is 191 Å². The van der Waals surface area contributed by atoms with Crippen LogP contribution in [0.25, 0.3) is 16.3 Å². The molecule has 164 valence electrons. The number of carbonyl (C=O) groups excluding carboxylic acids is 1. The van der Waals surface area contributed by atoms with Crippen molar-refractivity contribution >= 4 is 33.0 Å². The summed E-state index contributed by atoms with van der Waals surface area (Å²) in [5.41, 5.74) is 3.00. The van der Waals surface area contributed by atoms with Gasteiger partial charge in [-0.2, -0.15) is 9.40 Å². The highest BCUT2D eigenvalue weighted by molar-refractivity contribution is 7.89.